The van der Waals surface area contributed by atoms with Crippen LogP contribution in [0.4, 0.5) is 0 Å². The first kappa shape index (κ1) is 61.2. The van der Waals surface area contributed by atoms with Crippen molar-refractivity contribution in [1.82, 2.24) is 0 Å². The third kappa shape index (κ3) is 45.2. The summed E-state index contributed by atoms with van der Waals surface area (Å²) in [6.45, 7) is 4.55. The second-order valence-electron chi connectivity index (χ2n) is 18.1. The molecule has 8 heteroatoms. The maximum Gasteiger partial charge on any atom is 0.362 e. The Labute approximate surface area is 398 Å². The van der Waals surface area contributed by atoms with E-state index in [0.717, 1.165) is 96.3 Å². The van der Waals surface area contributed by atoms with Crippen LogP contribution in [0.15, 0.2) is 97.2 Å². The minimum atomic E-state index is -0.882. The summed E-state index contributed by atoms with van der Waals surface area (Å²) < 4.78 is 17.3. The smallest absolute Gasteiger partial charge is 0.362 e. The van der Waals surface area contributed by atoms with Crippen molar-refractivity contribution >= 4 is 17.9 Å². The van der Waals surface area contributed by atoms with Crippen molar-refractivity contribution in [3.63, 3.8) is 0 Å². The van der Waals surface area contributed by atoms with Crippen molar-refractivity contribution in [1.29, 1.82) is 0 Å². The lowest BCUT2D eigenvalue weighted by Gasteiger charge is -2.31. The summed E-state index contributed by atoms with van der Waals surface area (Å²) in [5.41, 5.74) is 0. The zero-order chi connectivity index (χ0) is 47.7. The van der Waals surface area contributed by atoms with E-state index in [1.165, 1.54) is 64.2 Å². The molecule has 0 aliphatic rings. The summed E-state index contributed by atoms with van der Waals surface area (Å²) in [6, 6.07) is -0.625. The van der Waals surface area contributed by atoms with Crippen molar-refractivity contribution in [3.8, 4) is 0 Å². The zero-order valence-electron chi connectivity index (χ0n) is 42.2. The van der Waals surface area contributed by atoms with Gasteiger partial charge in [-0.05, 0) is 77.0 Å². The Bertz CT molecular complexity index is 1380. The van der Waals surface area contributed by atoms with Gasteiger partial charge in [0.05, 0.1) is 34.4 Å². The van der Waals surface area contributed by atoms with Gasteiger partial charge in [0.1, 0.15) is 6.61 Å². The number of hydrogen-bond donors (Lipinski definition) is 1. The van der Waals surface area contributed by atoms with Gasteiger partial charge in [-0.25, -0.2) is 4.79 Å². The SMILES string of the molecule is CC/C=C/C/C=C/C/C=C/C/C=C/CCCCCCCCCCCCC(=O)OC(COCCC(C(=O)O)[N+](C)(C)C)COC(=O)CCCCCCC/C=C/C=C/C=C/C=C/CCCCC. The third-order valence-corrected chi connectivity index (χ3v) is 11.1. The highest BCUT2D eigenvalue weighted by Gasteiger charge is 2.31. The number of carbonyl (C=O) groups excluding carboxylic acids is 2. The van der Waals surface area contributed by atoms with Gasteiger partial charge >= 0.3 is 17.9 Å². The lowest BCUT2D eigenvalue weighted by Crippen LogP contribution is -2.50. The molecule has 0 radical (unpaired) electrons. The monoisotopic (exact) mass is 907 g/mol. The molecular formula is C57H96NO7+. The van der Waals surface area contributed by atoms with E-state index in [9.17, 15) is 19.5 Å². The Balaban J connectivity index is 4.31. The summed E-state index contributed by atoms with van der Waals surface area (Å²) in [5, 5.41) is 9.66. The molecule has 0 spiro atoms. The predicted octanol–water partition coefficient (Wildman–Crippen LogP) is 15.0. The second-order valence-corrected chi connectivity index (χ2v) is 18.1. The Hall–Kier alpha value is -3.75. The molecule has 0 amide bonds. The molecule has 0 heterocycles. The van der Waals surface area contributed by atoms with Crippen molar-refractivity contribution in [2.24, 2.45) is 0 Å². The fourth-order valence-corrected chi connectivity index (χ4v) is 7.09. The molecule has 2 atom stereocenters. The normalized spacial score (nSPS) is 13.7. The predicted molar refractivity (Wildman–Crippen MR) is 275 cm³/mol. The van der Waals surface area contributed by atoms with E-state index in [1.54, 1.807) is 0 Å². The van der Waals surface area contributed by atoms with Crippen molar-refractivity contribution in [2.75, 3.05) is 41.0 Å². The number of carbonyl (C=O) groups is 3. The van der Waals surface area contributed by atoms with Gasteiger partial charge in [-0.2, -0.15) is 0 Å². The van der Waals surface area contributed by atoms with Gasteiger partial charge in [-0.15, -0.1) is 0 Å². The molecule has 370 valence electrons. The van der Waals surface area contributed by atoms with Crippen LogP contribution >= 0.6 is 0 Å². The highest BCUT2D eigenvalue weighted by atomic mass is 16.6. The molecule has 0 bridgehead atoms. The molecular weight excluding hydrogens is 811 g/mol. The first-order valence-electron chi connectivity index (χ1n) is 25.8. The van der Waals surface area contributed by atoms with Crippen molar-refractivity contribution in [2.45, 2.75) is 206 Å². The topological polar surface area (TPSA) is 99.1 Å². The second kappa shape index (κ2) is 46.8. The highest BCUT2D eigenvalue weighted by molar-refractivity contribution is 5.72. The average Bonchev–Trinajstić information content (AvgIpc) is 3.27. The molecule has 0 aliphatic carbocycles. The summed E-state index contributed by atoms with van der Waals surface area (Å²) in [7, 11) is 5.52. The minimum absolute atomic E-state index is 0.0460. The summed E-state index contributed by atoms with van der Waals surface area (Å²) in [4.78, 5) is 37.2. The van der Waals surface area contributed by atoms with E-state index in [4.69, 9.17) is 14.2 Å². The van der Waals surface area contributed by atoms with E-state index in [2.05, 4.69) is 111 Å². The maximum absolute atomic E-state index is 12.8. The van der Waals surface area contributed by atoms with E-state index < -0.39 is 18.1 Å². The minimum Gasteiger partial charge on any atom is -0.477 e. The van der Waals surface area contributed by atoms with E-state index in [0.29, 0.717) is 19.3 Å². The summed E-state index contributed by atoms with van der Waals surface area (Å²) in [5.74, 6) is -1.51. The molecule has 0 aliphatic heterocycles. The molecule has 0 aromatic carbocycles. The van der Waals surface area contributed by atoms with Crippen LogP contribution in [0.25, 0.3) is 0 Å². The molecule has 2 unspecified atom stereocenters. The largest absolute Gasteiger partial charge is 0.477 e. The molecule has 0 rings (SSSR count). The third-order valence-electron chi connectivity index (χ3n) is 11.1. The fraction of sp³-hybridized carbons (Fsp3) is 0.667. The van der Waals surface area contributed by atoms with Gasteiger partial charge in [0, 0.05) is 19.3 Å². The number of likely N-dealkylation sites (N-methyl/N-ethyl adjacent to an activating group) is 1. The van der Waals surface area contributed by atoms with Crippen LogP contribution < -0.4 is 0 Å². The molecule has 0 aromatic heterocycles. The van der Waals surface area contributed by atoms with Gasteiger partial charge in [-0.3, -0.25) is 9.59 Å². The number of carboxylic acid groups (broad SMARTS) is 1. The van der Waals surface area contributed by atoms with Crippen LogP contribution in [0.1, 0.15) is 194 Å². The number of allylic oxidation sites excluding steroid dienone is 16. The molecule has 8 nitrogen and oxygen atoms in total. The number of aliphatic carboxylic acids is 1. The lowest BCUT2D eigenvalue weighted by molar-refractivity contribution is -0.887. The van der Waals surface area contributed by atoms with Crippen LogP contribution in [-0.4, -0.2) is 80.6 Å². The Kier molecular flexibility index (Phi) is 44.1. The number of unbranched alkanes of at least 4 members (excludes halogenated alkanes) is 18. The molecule has 0 fully saturated rings. The van der Waals surface area contributed by atoms with Crippen LogP contribution in [0.2, 0.25) is 0 Å². The summed E-state index contributed by atoms with van der Waals surface area (Å²) in [6.07, 6.45) is 63.1. The lowest BCUT2D eigenvalue weighted by atomic mass is 10.0. The van der Waals surface area contributed by atoms with Crippen molar-refractivity contribution < 1.29 is 38.2 Å². The standard InChI is InChI=1S/C57H95NO7/c1-6-8-10-12-14-16-18-20-22-24-26-27-28-29-30-32-34-36-38-40-42-44-46-48-56(60)65-53(51-63-50-49-54(57(61)62)58(3,4)5)52-64-55(59)47-45-43-41-39-37-35-33-31-25-23-21-19-17-15-13-11-9-7-2/h8,10,14-17,19-23,25-27,31,33,53-54H,6-7,9,11-13,18,24,28-30,32,34-52H2,1-5H3/p+1/b10-8+,16-14+,17-15+,21-19+,22-20+,25-23+,27-26+,33-31+. The fourth-order valence-electron chi connectivity index (χ4n) is 7.09. The van der Waals surface area contributed by atoms with Gasteiger partial charge in [-0.1, -0.05) is 195 Å². The maximum atomic E-state index is 12.8. The molecule has 0 saturated carbocycles. The Morgan fingerprint density at radius 1 is 0.492 bits per heavy atom. The number of ether oxygens (including phenoxy) is 3. The molecule has 0 aromatic rings. The molecule has 65 heavy (non-hydrogen) atoms. The summed E-state index contributed by atoms with van der Waals surface area (Å²) >= 11 is 0. The number of rotatable bonds is 45. The van der Waals surface area contributed by atoms with Crippen molar-refractivity contribution in [3.05, 3.63) is 97.2 Å². The quantitative estimate of drug-likeness (QED) is 0.0214. The van der Waals surface area contributed by atoms with Crippen LogP contribution in [0, 0.1) is 0 Å². The Morgan fingerprint density at radius 3 is 1.42 bits per heavy atom. The van der Waals surface area contributed by atoms with E-state index >= 15 is 0 Å². The number of quaternary nitrogens is 1. The first-order chi connectivity index (χ1) is 31.6. The molecule has 0 saturated heterocycles. The van der Waals surface area contributed by atoms with Crippen LogP contribution in [-0.2, 0) is 28.6 Å². The number of hydrogen-bond acceptors (Lipinski definition) is 6. The average molecular weight is 907 g/mol. The first-order valence-corrected chi connectivity index (χ1v) is 25.8. The van der Waals surface area contributed by atoms with Crippen LogP contribution in [0.5, 0.6) is 0 Å². The van der Waals surface area contributed by atoms with Gasteiger partial charge in [0.25, 0.3) is 0 Å². The van der Waals surface area contributed by atoms with E-state index in [1.807, 2.05) is 21.1 Å². The zero-order valence-corrected chi connectivity index (χ0v) is 42.2. The number of esters is 2. The van der Waals surface area contributed by atoms with Crippen LogP contribution in [0.3, 0.4) is 0 Å². The van der Waals surface area contributed by atoms with Gasteiger partial charge in [0.2, 0.25) is 0 Å². The number of nitrogens with zero attached hydrogens (tertiary/aromatic N) is 1. The number of carboxylic acids is 1. The van der Waals surface area contributed by atoms with E-state index in [-0.39, 0.29) is 36.2 Å². The molecule has 1 N–H and O–H groups in total. The highest BCUT2D eigenvalue weighted by Crippen LogP contribution is 2.14. The van der Waals surface area contributed by atoms with Gasteiger partial charge < -0.3 is 23.8 Å². The van der Waals surface area contributed by atoms with Gasteiger partial charge in [0.15, 0.2) is 12.1 Å². The Morgan fingerprint density at radius 2 is 0.923 bits per heavy atom.